The third kappa shape index (κ3) is 3.52. The van der Waals surface area contributed by atoms with Crippen molar-refractivity contribution in [3.63, 3.8) is 0 Å². The second-order valence-electron chi connectivity index (χ2n) is 6.55. The van der Waals surface area contributed by atoms with Gasteiger partial charge in [-0.2, -0.15) is 11.3 Å². The highest BCUT2D eigenvalue weighted by Crippen LogP contribution is 2.37. The third-order valence-electron chi connectivity index (χ3n) is 4.88. The molecule has 0 spiro atoms. The molecule has 0 fully saturated rings. The number of carboxylic acids is 1. The molecule has 29 heavy (non-hydrogen) atoms. The van der Waals surface area contributed by atoms with Crippen molar-refractivity contribution in [2.75, 3.05) is 5.75 Å². The Hall–Kier alpha value is -2.42. The number of nitrogens with zero attached hydrogens (tertiary/aromatic N) is 1. The Labute approximate surface area is 179 Å². The lowest BCUT2D eigenvalue weighted by atomic mass is 9.99. The fourth-order valence-electron chi connectivity index (χ4n) is 3.56. The topological polar surface area (TPSA) is 76.4 Å². The predicted octanol–water partition coefficient (Wildman–Crippen LogP) is 4.92. The Bertz CT molecular complexity index is 1110. The van der Waals surface area contributed by atoms with Crippen molar-refractivity contribution in [1.82, 2.24) is 4.57 Å². The molecule has 1 N–H and O–H groups in total. The SMILES string of the molecule is C=CCSc1sccc1C(=O)c1cc2n(c1C(=O)c1ccsc1)CCC2C(=O)O. The van der Waals surface area contributed by atoms with Crippen LogP contribution in [-0.2, 0) is 11.3 Å². The Morgan fingerprint density at radius 1 is 1.24 bits per heavy atom. The Kier molecular flexibility index (Phi) is 5.58. The van der Waals surface area contributed by atoms with Crippen LogP contribution in [0.5, 0.6) is 0 Å². The van der Waals surface area contributed by atoms with E-state index in [0.717, 1.165) is 4.21 Å². The van der Waals surface area contributed by atoms with Gasteiger partial charge in [-0.3, -0.25) is 14.4 Å². The number of carboxylic acid groups (broad SMARTS) is 1. The molecule has 4 heterocycles. The number of fused-ring (bicyclic) bond motifs is 1. The van der Waals surface area contributed by atoms with Crippen LogP contribution in [0.4, 0.5) is 0 Å². The van der Waals surface area contributed by atoms with Crippen LogP contribution >= 0.6 is 34.4 Å². The van der Waals surface area contributed by atoms with Crippen LogP contribution < -0.4 is 0 Å². The van der Waals surface area contributed by atoms with Gasteiger partial charge in [-0.05, 0) is 35.4 Å². The quantitative estimate of drug-likeness (QED) is 0.304. The molecule has 1 aliphatic rings. The van der Waals surface area contributed by atoms with Gasteiger partial charge in [0.2, 0.25) is 5.78 Å². The molecule has 0 saturated carbocycles. The zero-order valence-corrected chi connectivity index (χ0v) is 17.7. The van der Waals surface area contributed by atoms with E-state index < -0.39 is 11.9 Å². The molecule has 1 atom stereocenters. The molecule has 3 aromatic rings. The van der Waals surface area contributed by atoms with Gasteiger partial charge in [0.25, 0.3) is 0 Å². The Balaban J connectivity index is 1.83. The second kappa shape index (κ2) is 8.14. The standard InChI is InChI=1S/C21H17NO4S3/c1-2-7-28-21-14(5-9-29-21)19(24)15-10-16-13(20(25)26)3-6-22(16)17(15)18(23)12-4-8-27-11-12/h2,4-5,8-11,13H,1,3,6-7H2,(H,25,26). The summed E-state index contributed by atoms with van der Waals surface area (Å²) in [6, 6.07) is 5.09. The lowest BCUT2D eigenvalue weighted by Gasteiger charge is -2.08. The summed E-state index contributed by atoms with van der Waals surface area (Å²) in [5.41, 5.74) is 2.14. The molecule has 148 valence electrons. The lowest BCUT2D eigenvalue weighted by Crippen LogP contribution is -2.14. The minimum absolute atomic E-state index is 0.248. The van der Waals surface area contributed by atoms with Crippen molar-refractivity contribution in [2.45, 2.75) is 23.1 Å². The van der Waals surface area contributed by atoms with Crippen LogP contribution in [0.2, 0.25) is 0 Å². The molecule has 1 aliphatic heterocycles. The van der Waals surface area contributed by atoms with Gasteiger partial charge in [-0.15, -0.1) is 29.7 Å². The summed E-state index contributed by atoms with van der Waals surface area (Å²) in [6.45, 7) is 4.12. The van der Waals surface area contributed by atoms with E-state index in [2.05, 4.69) is 6.58 Å². The molecule has 8 heteroatoms. The van der Waals surface area contributed by atoms with E-state index in [9.17, 15) is 19.5 Å². The molecule has 1 unspecified atom stereocenters. The summed E-state index contributed by atoms with van der Waals surface area (Å²) >= 11 is 4.40. The highest BCUT2D eigenvalue weighted by atomic mass is 32.2. The minimum Gasteiger partial charge on any atom is -0.481 e. The monoisotopic (exact) mass is 443 g/mol. The Morgan fingerprint density at radius 3 is 2.76 bits per heavy atom. The minimum atomic E-state index is -0.937. The van der Waals surface area contributed by atoms with Crippen molar-refractivity contribution in [3.8, 4) is 0 Å². The number of carbonyl (C=O) groups excluding carboxylic acids is 2. The van der Waals surface area contributed by atoms with Crippen LogP contribution in [0, 0.1) is 0 Å². The van der Waals surface area contributed by atoms with Crippen molar-refractivity contribution < 1.29 is 19.5 Å². The number of rotatable bonds is 8. The maximum atomic E-state index is 13.4. The first-order valence-corrected chi connectivity index (χ1v) is 11.7. The van der Waals surface area contributed by atoms with E-state index in [1.807, 2.05) is 10.8 Å². The van der Waals surface area contributed by atoms with Crippen molar-refractivity contribution >= 4 is 52.0 Å². The number of aromatic nitrogens is 1. The number of thioether (sulfide) groups is 1. The van der Waals surface area contributed by atoms with Gasteiger partial charge in [0.15, 0.2) is 5.78 Å². The summed E-state index contributed by atoms with van der Waals surface area (Å²) in [5.74, 6) is -1.46. The highest BCUT2D eigenvalue weighted by molar-refractivity contribution is 8.01. The molecule has 0 amide bonds. The van der Waals surface area contributed by atoms with E-state index in [0.29, 0.717) is 35.5 Å². The number of aliphatic carboxylic acids is 1. The van der Waals surface area contributed by atoms with E-state index in [-0.39, 0.29) is 22.8 Å². The Morgan fingerprint density at radius 2 is 2.07 bits per heavy atom. The normalized spacial score (nSPS) is 15.2. The smallest absolute Gasteiger partial charge is 0.312 e. The van der Waals surface area contributed by atoms with E-state index >= 15 is 0 Å². The van der Waals surface area contributed by atoms with Gasteiger partial charge in [-0.1, -0.05) is 6.08 Å². The molecular weight excluding hydrogens is 426 g/mol. The molecule has 5 nitrogen and oxygen atoms in total. The summed E-state index contributed by atoms with van der Waals surface area (Å²) in [7, 11) is 0. The van der Waals surface area contributed by atoms with Crippen LogP contribution in [-0.4, -0.2) is 33.0 Å². The van der Waals surface area contributed by atoms with Crippen LogP contribution in [0.1, 0.15) is 50.0 Å². The predicted molar refractivity (Wildman–Crippen MR) is 116 cm³/mol. The maximum Gasteiger partial charge on any atom is 0.312 e. The van der Waals surface area contributed by atoms with Crippen molar-refractivity contribution in [1.29, 1.82) is 0 Å². The fourth-order valence-corrected chi connectivity index (χ4v) is 6.04. The third-order valence-corrected chi connectivity index (χ3v) is 7.79. The van der Waals surface area contributed by atoms with Gasteiger partial charge < -0.3 is 9.67 Å². The van der Waals surface area contributed by atoms with Crippen molar-refractivity contribution in [3.05, 3.63) is 75.1 Å². The van der Waals surface area contributed by atoms with E-state index in [1.54, 1.807) is 34.2 Å². The first kappa shape index (κ1) is 19.9. The average molecular weight is 444 g/mol. The highest BCUT2D eigenvalue weighted by Gasteiger charge is 2.36. The van der Waals surface area contributed by atoms with Crippen LogP contribution in [0.3, 0.4) is 0 Å². The summed E-state index contributed by atoms with van der Waals surface area (Å²) in [4.78, 5) is 38.3. The number of carbonyl (C=O) groups is 3. The number of thiophene rings is 2. The number of hydrogen-bond donors (Lipinski definition) is 1. The molecule has 3 aromatic heterocycles. The second-order valence-corrected chi connectivity index (χ2v) is 9.54. The molecule has 4 rings (SSSR count). The molecule has 0 aliphatic carbocycles. The molecular formula is C21H17NO4S3. The van der Waals surface area contributed by atoms with Gasteiger partial charge in [0, 0.05) is 34.5 Å². The van der Waals surface area contributed by atoms with Gasteiger partial charge >= 0.3 is 5.97 Å². The molecule has 0 saturated heterocycles. The summed E-state index contributed by atoms with van der Waals surface area (Å²) in [6.07, 6.45) is 2.19. The largest absolute Gasteiger partial charge is 0.481 e. The van der Waals surface area contributed by atoms with Gasteiger partial charge in [0.1, 0.15) is 5.69 Å². The summed E-state index contributed by atoms with van der Waals surface area (Å²) in [5, 5.41) is 15.0. The average Bonchev–Trinajstić information content (AvgIpc) is 3.48. The van der Waals surface area contributed by atoms with Crippen molar-refractivity contribution in [2.24, 2.45) is 0 Å². The van der Waals surface area contributed by atoms with Crippen LogP contribution in [0.25, 0.3) is 0 Å². The van der Waals surface area contributed by atoms with Gasteiger partial charge in [-0.25, -0.2) is 0 Å². The maximum absolute atomic E-state index is 13.4. The summed E-state index contributed by atoms with van der Waals surface area (Å²) < 4.78 is 2.58. The van der Waals surface area contributed by atoms with Gasteiger partial charge in [0.05, 0.1) is 15.7 Å². The van der Waals surface area contributed by atoms with E-state index in [4.69, 9.17) is 0 Å². The molecule has 0 radical (unpaired) electrons. The molecule has 0 aromatic carbocycles. The zero-order chi connectivity index (χ0) is 20.5. The number of ketones is 2. The fraction of sp³-hybridized carbons (Fsp3) is 0.190. The zero-order valence-electron chi connectivity index (χ0n) is 15.3. The first-order chi connectivity index (χ1) is 14.0. The van der Waals surface area contributed by atoms with Crippen LogP contribution in [0.15, 0.2) is 51.2 Å². The number of hydrogen-bond acceptors (Lipinski definition) is 6. The van der Waals surface area contributed by atoms with E-state index in [1.165, 1.54) is 34.4 Å². The molecule has 0 bridgehead atoms. The first-order valence-electron chi connectivity index (χ1n) is 8.92. The lowest BCUT2D eigenvalue weighted by molar-refractivity contribution is -0.138.